The monoisotopic (exact) mass is 392 g/mol. The summed E-state index contributed by atoms with van der Waals surface area (Å²) in [7, 11) is 0. The van der Waals surface area contributed by atoms with Crippen LogP contribution in [0.1, 0.15) is 12.8 Å². The molecule has 0 aliphatic heterocycles. The Kier molecular flexibility index (Phi) is 4.41. The normalized spacial score (nSPS) is 14.9. The number of halogens is 2. The molecule has 0 unspecified atom stereocenters. The van der Waals surface area contributed by atoms with Crippen molar-refractivity contribution in [2.75, 3.05) is 10.6 Å². The smallest absolute Gasteiger partial charge is 0.240 e. The fourth-order valence-electron chi connectivity index (χ4n) is 2.32. The second kappa shape index (κ2) is 6.34. The Bertz CT molecular complexity index is 713. The number of amides is 2. The standard InChI is InChI=1S/C17H14BrClN2O2/c18-11-3-1-5-13(9-11)20-15(22)17(7-8-17)16(23)21-14-6-2-4-12(19)10-14/h1-6,9-10H,7-8H2,(H,20,22)(H,21,23). The van der Waals surface area contributed by atoms with Gasteiger partial charge < -0.3 is 10.6 Å². The molecule has 0 atom stereocenters. The highest BCUT2D eigenvalue weighted by molar-refractivity contribution is 9.10. The van der Waals surface area contributed by atoms with Gasteiger partial charge in [-0.2, -0.15) is 0 Å². The first kappa shape index (κ1) is 16.0. The van der Waals surface area contributed by atoms with Crippen LogP contribution in [0.4, 0.5) is 11.4 Å². The highest BCUT2D eigenvalue weighted by Gasteiger charge is 2.56. The number of hydrogen-bond donors (Lipinski definition) is 2. The summed E-state index contributed by atoms with van der Waals surface area (Å²) in [6.07, 6.45) is 1.08. The highest BCUT2D eigenvalue weighted by atomic mass is 79.9. The summed E-state index contributed by atoms with van der Waals surface area (Å²) in [5.74, 6) is -0.581. The van der Waals surface area contributed by atoms with E-state index in [0.29, 0.717) is 29.2 Å². The summed E-state index contributed by atoms with van der Waals surface area (Å²) in [6.45, 7) is 0. The first-order valence-corrected chi connectivity index (χ1v) is 8.31. The van der Waals surface area contributed by atoms with Gasteiger partial charge in [0.1, 0.15) is 5.41 Å². The summed E-state index contributed by atoms with van der Waals surface area (Å²) in [6, 6.07) is 14.1. The van der Waals surface area contributed by atoms with Crippen molar-refractivity contribution in [3.05, 3.63) is 58.0 Å². The van der Waals surface area contributed by atoms with E-state index in [1.165, 1.54) is 0 Å². The predicted octanol–water partition coefficient (Wildman–Crippen LogP) is 4.46. The minimum atomic E-state index is -0.995. The second-order valence-corrected chi connectivity index (χ2v) is 6.86. The van der Waals surface area contributed by atoms with E-state index < -0.39 is 5.41 Å². The van der Waals surface area contributed by atoms with Crippen LogP contribution in [-0.2, 0) is 9.59 Å². The van der Waals surface area contributed by atoms with Crippen LogP contribution in [0, 0.1) is 5.41 Å². The van der Waals surface area contributed by atoms with Crippen LogP contribution in [0.2, 0.25) is 5.02 Å². The Morgan fingerprint density at radius 1 is 0.957 bits per heavy atom. The number of anilines is 2. The van der Waals surface area contributed by atoms with Gasteiger partial charge >= 0.3 is 0 Å². The molecule has 0 spiro atoms. The van der Waals surface area contributed by atoms with E-state index in [1.54, 1.807) is 36.4 Å². The lowest BCUT2D eigenvalue weighted by molar-refractivity contribution is -0.131. The molecule has 0 bridgehead atoms. The molecule has 23 heavy (non-hydrogen) atoms. The molecule has 2 aromatic rings. The fourth-order valence-corrected chi connectivity index (χ4v) is 2.91. The van der Waals surface area contributed by atoms with Crippen molar-refractivity contribution >= 4 is 50.7 Å². The van der Waals surface area contributed by atoms with Gasteiger partial charge in [-0.3, -0.25) is 9.59 Å². The van der Waals surface area contributed by atoms with Crippen molar-refractivity contribution in [1.82, 2.24) is 0 Å². The number of nitrogens with one attached hydrogen (secondary N) is 2. The van der Waals surface area contributed by atoms with Crippen LogP contribution in [0.5, 0.6) is 0 Å². The maximum absolute atomic E-state index is 12.5. The van der Waals surface area contributed by atoms with Crippen LogP contribution >= 0.6 is 27.5 Å². The molecule has 2 amide bonds. The van der Waals surface area contributed by atoms with Gasteiger partial charge in [-0.15, -0.1) is 0 Å². The SMILES string of the molecule is O=C(Nc1cccc(Cl)c1)C1(C(=O)Nc2cccc(Br)c2)CC1. The van der Waals surface area contributed by atoms with Gasteiger partial charge in [0.2, 0.25) is 11.8 Å². The molecule has 4 nitrogen and oxygen atoms in total. The van der Waals surface area contributed by atoms with Gasteiger partial charge in [0.05, 0.1) is 0 Å². The zero-order valence-electron chi connectivity index (χ0n) is 12.1. The summed E-state index contributed by atoms with van der Waals surface area (Å²) in [4.78, 5) is 25.0. The predicted molar refractivity (Wildman–Crippen MR) is 94.5 cm³/mol. The second-order valence-electron chi connectivity index (χ2n) is 5.51. The van der Waals surface area contributed by atoms with Gasteiger partial charge in [0.15, 0.2) is 0 Å². The maximum Gasteiger partial charge on any atom is 0.240 e. The van der Waals surface area contributed by atoms with E-state index in [4.69, 9.17) is 11.6 Å². The third-order valence-corrected chi connectivity index (χ3v) is 4.51. The van der Waals surface area contributed by atoms with E-state index in [-0.39, 0.29) is 11.8 Å². The minimum Gasteiger partial charge on any atom is -0.325 e. The summed E-state index contributed by atoms with van der Waals surface area (Å²) in [5, 5.41) is 6.11. The maximum atomic E-state index is 12.5. The number of benzene rings is 2. The van der Waals surface area contributed by atoms with Gasteiger partial charge in [0, 0.05) is 20.9 Å². The van der Waals surface area contributed by atoms with Crippen molar-refractivity contribution in [3.63, 3.8) is 0 Å². The van der Waals surface area contributed by atoms with Crippen molar-refractivity contribution in [1.29, 1.82) is 0 Å². The van der Waals surface area contributed by atoms with E-state index >= 15 is 0 Å². The Hall–Kier alpha value is -1.85. The quantitative estimate of drug-likeness (QED) is 0.754. The van der Waals surface area contributed by atoms with Crippen molar-refractivity contribution in [2.24, 2.45) is 5.41 Å². The van der Waals surface area contributed by atoms with Gasteiger partial charge in [-0.1, -0.05) is 39.7 Å². The van der Waals surface area contributed by atoms with E-state index in [9.17, 15) is 9.59 Å². The van der Waals surface area contributed by atoms with Crippen molar-refractivity contribution in [2.45, 2.75) is 12.8 Å². The molecule has 2 aromatic carbocycles. The minimum absolute atomic E-state index is 0.282. The molecular formula is C17H14BrClN2O2. The molecule has 118 valence electrons. The third kappa shape index (κ3) is 3.57. The van der Waals surface area contributed by atoms with E-state index in [1.807, 2.05) is 12.1 Å². The number of carbonyl (C=O) groups excluding carboxylic acids is 2. The number of carbonyl (C=O) groups is 2. The average Bonchev–Trinajstić information content (AvgIpc) is 3.29. The lowest BCUT2D eigenvalue weighted by atomic mass is 10.0. The average molecular weight is 394 g/mol. The zero-order valence-corrected chi connectivity index (χ0v) is 14.4. The molecule has 6 heteroatoms. The molecule has 1 aliphatic carbocycles. The Labute approximate surface area is 147 Å². The lowest BCUT2D eigenvalue weighted by Gasteiger charge is -2.15. The lowest BCUT2D eigenvalue weighted by Crippen LogP contribution is -2.35. The summed E-state index contributed by atoms with van der Waals surface area (Å²) < 4.78 is 0.864. The summed E-state index contributed by atoms with van der Waals surface area (Å²) >= 11 is 9.26. The molecule has 3 rings (SSSR count). The molecular weight excluding hydrogens is 380 g/mol. The molecule has 0 heterocycles. The molecule has 0 radical (unpaired) electrons. The fraction of sp³-hybridized carbons (Fsp3) is 0.176. The number of rotatable bonds is 4. The van der Waals surface area contributed by atoms with Crippen molar-refractivity contribution < 1.29 is 9.59 Å². The van der Waals surface area contributed by atoms with Crippen LogP contribution in [0.3, 0.4) is 0 Å². The van der Waals surface area contributed by atoms with Crippen LogP contribution in [-0.4, -0.2) is 11.8 Å². The molecule has 0 aromatic heterocycles. The highest BCUT2D eigenvalue weighted by Crippen LogP contribution is 2.47. The molecule has 0 saturated heterocycles. The van der Waals surface area contributed by atoms with Crippen LogP contribution < -0.4 is 10.6 Å². The molecule has 2 N–H and O–H groups in total. The molecule has 1 fully saturated rings. The Morgan fingerprint density at radius 3 is 2.04 bits per heavy atom. The topological polar surface area (TPSA) is 58.2 Å². The first-order chi connectivity index (χ1) is 11.0. The zero-order chi connectivity index (χ0) is 16.4. The molecule has 1 aliphatic rings. The summed E-state index contributed by atoms with van der Waals surface area (Å²) in [5.41, 5.74) is 0.250. The van der Waals surface area contributed by atoms with Crippen molar-refractivity contribution in [3.8, 4) is 0 Å². The largest absolute Gasteiger partial charge is 0.325 e. The molecule has 1 saturated carbocycles. The third-order valence-electron chi connectivity index (χ3n) is 3.78. The van der Waals surface area contributed by atoms with E-state index in [2.05, 4.69) is 26.6 Å². The first-order valence-electron chi connectivity index (χ1n) is 7.14. The Morgan fingerprint density at radius 2 is 1.52 bits per heavy atom. The van der Waals surface area contributed by atoms with Gasteiger partial charge in [-0.25, -0.2) is 0 Å². The van der Waals surface area contributed by atoms with E-state index in [0.717, 1.165) is 4.47 Å². The van der Waals surface area contributed by atoms with Crippen LogP contribution in [0.25, 0.3) is 0 Å². The number of hydrogen-bond acceptors (Lipinski definition) is 2. The Balaban J connectivity index is 1.71. The van der Waals surface area contributed by atoms with Crippen LogP contribution in [0.15, 0.2) is 53.0 Å². The van der Waals surface area contributed by atoms with Gasteiger partial charge in [-0.05, 0) is 49.2 Å². The van der Waals surface area contributed by atoms with Gasteiger partial charge in [0.25, 0.3) is 0 Å².